The van der Waals surface area contributed by atoms with Crippen LogP contribution in [0, 0.1) is 18.3 Å². The van der Waals surface area contributed by atoms with Gasteiger partial charge in [0.25, 0.3) is 0 Å². The van der Waals surface area contributed by atoms with Gasteiger partial charge in [-0.15, -0.1) is 0 Å². The molecule has 1 aromatic carbocycles. The molecule has 55 heavy (non-hydrogen) atoms. The molecule has 1 aliphatic rings. The van der Waals surface area contributed by atoms with Crippen molar-refractivity contribution in [1.29, 1.82) is 5.26 Å². The Kier molecular flexibility index (Phi) is 19.7. The molecule has 4 rings (SSSR count). The van der Waals surface area contributed by atoms with Gasteiger partial charge in [0, 0.05) is 6.61 Å². The van der Waals surface area contributed by atoms with E-state index in [2.05, 4.69) is 17.0 Å². The lowest BCUT2D eigenvalue weighted by Crippen LogP contribution is -2.41. The number of aliphatic hydroxyl groups excluding tert-OH is 2. The SMILES string of the molecule is CCCCCCCCCCCCCCCCCCOC[C@H](COP(=O)(O)OC[C@H]1O[C@@](C#N)(c2ccc3c(C)ncnn23)[C@H](O)[C@@H]1O)OCc1ccccc1. The van der Waals surface area contributed by atoms with Crippen molar-refractivity contribution in [2.75, 3.05) is 26.4 Å². The first-order valence-electron chi connectivity index (χ1n) is 20.3. The number of hydrogen-bond donors (Lipinski definition) is 3. The first-order valence-corrected chi connectivity index (χ1v) is 21.8. The van der Waals surface area contributed by atoms with E-state index in [1.54, 1.807) is 19.1 Å². The van der Waals surface area contributed by atoms with Gasteiger partial charge >= 0.3 is 7.82 Å². The van der Waals surface area contributed by atoms with E-state index < -0.39 is 44.4 Å². The lowest BCUT2D eigenvalue weighted by Gasteiger charge is -2.24. The fraction of sp³-hybridized carbons (Fsp3) is 0.683. The third-order valence-electron chi connectivity index (χ3n) is 10.2. The Hall–Kier alpha value is -2.76. The van der Waals surface area contributed by atoms with Crippen molar-refractivity contribution in [3.05, 3.63) is 65.7 Å². The van der Waals surface area contributed by atoms with Crippen LogP contribution in [0.3, 0.4) is 0 Å². The molecule has 0 bridgehead atoms. The van der Waals surface area contributed by atoms with E-state index >= 15 is 0 Å². The molecule has 306 valence electrons. The molecule has 1 unspecified atom stereocenters. The smallest absolute Gasteiger partial charge is 0.387 e. The zero-order chi connectivity index (χ0) is 39.4. The summed E-state index contributed by atoms with van der Waals surface area (Å²) in [5.74, 6) is 0. The van der Waals surface area contributed by atoms with Crippen LogP contribution in [-0.4, -0.2) is 80.5 Å². The molecule has 3 aromatic rings. The van der Waals surface area contributed by atoms with E-state index in [9.17, 15) is 24.9 Å². The van der Waals surface area contributed by atoms with E-state index in [0.29, 0.717) is 17.8 Å². The Morgan fingerprint density at radius 2 is 1.51 bits per heavy atom. The van der Waals surface area contributed by atoms with E-state index in [-0.39, 0.29) is 25.5 Å². The minimum absolute atomic E-state index is 0.154. The number of ether oxygens (including phenoxy) is 3. The summed E-state index contributed by atoms with van der Waals surface area (Å²) < 4.78 is 42.7. The maximum absolute atomic E-state index is 13.0. The molecule has 1 aliphatic heterocycles. The highest BCUT2D eigenvalue weighted by atomic mass is 31.2. The summed E-state index contributed by atoms with van der Waals surface area (Å²) in [4.78, 5) is 14.7. The zero-order valence-corrected chi connectivity index (χ0v) is 33.7. The predicted octanol–water partition coefficient (Wildman–Crippen LogP) is 7.87. The van der Waals surface area contributed by atoms with Crippen LogP contribution in [0.2, 0.25) is 0 Å². The van der Waals surface area contributed by atoms with Gasteiger partial charge in [-0.3, -0.25) is 9.05 Å². The largest absolute Gasteiger partial charge is 0.472 e. The van der Waals surface area contributed by atoms with Crippen LogP contribution in [0.25, 0.3) is 5.52 Å². The second-order valence-electron chi connectivity index (χ2n) is 14.7. The van der Waals surface area contributed by atoms with Crippen LogP contribution in [0.4, 0.5) is 0 Å². The first kappa shape index (κ1) is 44.9. The van der Waals surface area contributed by atoms with Gasteiger partial charge in [0.05, 0.1) is 43.3 Å². The molecule has 0 radical (unpaired) electrons. The average Bonchev–Trinajstić information content (AvgIpc) is 3.74. The molecule has 6 atom stereocenters. The van der Waals surface area contributed by atoms with Crippen molar-refractivity contribution in [1.82, 2.24) is 14.6 Å². The fourth-order valence-electron chi connectivity index (χ4n) is 6.94. The van der Waals surface area contributed by atoms with E-state index in [1.165, 1.54) is 101 Å². The molecule has 3 heterocycles. The van der Waals surface area contributed by atoms with Crippen molar-refractivity contribution in [2.24, 2.45) is 0 Å². The second kappa shape index (κ2) is 24.1. The number of phosphoric acid groups is 1. The number of aliphatic hydroxyl groups is 2. The highest BCUT2D eigenvalue weighted by molar-refractivity contribution is 7.47. The molecule has 2 aromatic heterocycles. The standard InChI is InChI=1S/C41H63N4O9P/c1-3-4-5-6-7-8-9-10-11-12-13-14-15-16-17-21-26-50-28-35(51-27-34-22-19-18-20-23-34)29-52-55(48,49)53-30-37-39(46)40(47)41(31-42,54-37)38-25-24-36-33(2)43-32-44-45(36)38/h18-20,22-25,32,35,37,39-40,46-47H,3-17,21,26-30H2,1-2H3,(H,48,49)/t35-,37-,39-,40-,41+/m1/s1. The lowest BCUT2D eigenvalue weighted by molar-refractivity contribution is -0.0690. The fourth-order valence-corrected chi connectivity index (χ4v) is 7.70. The lowest BCUT2D eigenvalue weighted by atomic mass is 9.92. The summed E-state index contributed by atoms with van der Waals surface area (Å²) >= 11 is 0. The van der Waals surface area contributed by atoms with Gasteiger partial charge in [-0.05, 0) is 31.0 Å². The minimum Gasteiger partial charge on any atom is -0.387 e. The molecule has 14 heteroatoms. The van der Waals surface area contributed by atoms with Crippen LogP contribution in [-0.2, 0) is 40.0 Å². The number of phosphoric ester groups is 1. The van der Waals surface area contributed by atoms with Gasteiger partial charge in [-0.2, -0.15) is 10.4 Å². The monoisotopic (exact) mass is 786 g/mol. The Labute approximate surface area is 326 Å². The maximum Gasteiger partial charge on any atom is 0.472 e. The number of rotatable bonds is 29. The first-order chi connectivity index (χ1) is 26.7. The number of aromatic nitrogens is 3. The summed E-state index contributed by atoms with van der Waals surface area (Å²) in [5, 5.41) is 36.1. The highest BCUT2D eigenvalue weighted by Gasteiger charge is 2.58. The van der Waals surface area contributed by atoms with Gasteiger partial charge < -0.3 is 29.3 Å². The molecule has 13 nitrogen and oxygen atoms in total. The number of benzene rings is 1. The summed E-state index contributed by atoms with van der Waals surface area (Å²) in [7, 11) is -4.69. The van der Waals surface area contributed by atoms with Gasteiger partial charge in [0.15, 0.2) is 0 Å². The summed E-state index contributed by atoms with van der Waals surface area (Å²) in [6.07, 6.45) is 16.7. The molecular weight excluding hydrogens is 723 g/mol. The molecule has 0 amide bonds. The van der Waals surface area contributed by atoms with E-state index in [4.69, 9.17) is 23.3 Å². The normalized spacial score (nSPS) is 21.5. The van der Waals surface area contributed by atoms with Crippen LogP contribution in [0.1, 0.15) is 127 Å². The third-order valence-corrected chi connectivity index (χ3v) is 11.2. The third kappa shape index (κ3) is 14.3. The minimum atomic E-state index is -4.69. The van der Waals surface area contributed by atoms with Crippen LogP contribution in [0.15, 0.2) is 48.8 Å². The molecule has 0 spiro atoms. The van der Waals surface area contributed by atoms with Crippen LogP contribution < -0.4 is 0 Å². The summed E-state index contributed by atoms with van der Waals surface area (Å²) in [6.45, 7) is 4.04. The van der Waals surface area contributed by atoms with Gasteiger partial charge in [-0.1, -0.05) is 134 Å². The van der Waals surface area contributed by atoms with Gasteiger partial charge in [0.1, 0.15) is 36.8 Å². The van der Waals surface area contributed by atoms with Crippen molar-refractivity contribution >= 4 is 13.3 Å². The van der Waals surface area contributed by atoms with Crippen LogP contribution in [0.5, 0.6) is 0 Å². The van der Waals surface area contributed by atoms with Crippen molar-refractivity contribution in [3.8, 4) is 6.07 Å². The van der Waals surface area contributed by atoms with Gasteiger partial charge in [-0.25, -0.2) is 14.1 Å². The van der Waals surface area contributed by atoms with E-state index in [1.807, 2.05) is 36.4 Å². The number of hydrogen-bond acceptors (Lipinski definition) is 11. The maximum atomic E-state index is 13.0. The zero-order valence-electron chi connectivity index (χ0n) is 32.8. The van der Waals surface area contributed by atoms with Gasteiger partial charge in [0.2, 0.25) is 5.60 Å². The molecular formula is C41H63N4O9P. The average molecular weight is 787 g/mol. The number of fused-ring (bicyclic) bond motifs is 1. The number of unbranched alkanes of at least 4 members (excludes halogenated alkanes) is 15. The summed E-state index contributed by atoms with van der Waals surface area (Å²) in [5.41, 5.74) is 0.297. The van der Waals surface area contributed by atoms with Crippen molar-refractivity contribution in [3.63, 3.8) is 0 Å². The topological polar surface area (TPSA) is 178 Å². The number of nitrogens with zero attached hydrogens (tertiary/aromatic N) is 4. The Morgan fingerprint density at radius 3 is 2.13 bits per heavy atom. The molecule has 3 N–H and O–H groups in total. The highest BCUT2D eigenvalue weighted by Crippen LogP contribution is 2.46. The van der Waals surface area contributed by atoms with Crippen LogP contribution >= 0.6 is 7.82 Å². The predicted molar refractivity (Wildman–Crippen MR) is 209 cm³/mol. The second-order valence-corrected chi connectivity index (χ2v) is 16.1. The molecule has 0 saturated carbocycles. The Bertz CT molecular complexity index is 1610. The Balaban J connectivity index is 1.15. The Morgan fingerprint density at radius 1 is 0.891 bits per heavy atom. The van der Waals surface area contributed by atoms with Crippen molar-refractivity contribution < 1.29 is 42.9 Å². The molecule has 0 aliphatic carbocycles. The summed E-state index contributed by atoms with van der Waals surface area (Å²) in [6, 6.07) is 14.7. The van der Waals surface area contributed by atoms with Crippen molar-refractivity contribution in [2.45, 2.75) is 153 Å². The molecule has 1 fully saturated rings. The molecule has 1 saturated heterocycles. The number of aryl methyl sites for hydroxylation is 1. The quantitative estimate of drug-likeness (QED) is 0.0459. The number of nitriles is 1. The van der Waals surface area contributed by atoms with E-state index in [0.717, 1.165) is 18.4 Å².